The molecule has 1 unspecified atom stereocenters. The van der Waals surface area contributed by atoms with Crippen molar-refractivity contribution < 1.29 is 9.52 Å². The topological polar surface area (TPSA) is 33.4 Å². The van der Waals surface area contributed by atoms with Crippen molar-refractivity contribution in [2.45, 2.75) is 26.4 Å². The van der Waals surface area contributed by atoms with Crippen LogP contribution in [-0.2, 0) is 0 Å². The maximum atomic E-state index is 9.55. The molecule has 0 fully saturated rings. The summed E-state index contributed by atoms with van der Waals surface area (Å²) in [6.07, 6.45) is 0.0173. The fourth-order valence-corrected chi connectivity index (χ4v) is 1.06. The van der Waals surface area contributed by atoms with E-state index in [0.717, 1.165) is 11.3 Å². The quantitative estimate of drug-likeness (QED) is 0.700. The van der Waals surface area contributed by atoms with Crippen molar-refractivity contribution in [1.29, 1.82) is 0 Å². The van der Waals surface area contributed by atoms with Crippen LogP contribution in [0.5, 0.6) is 0 Å². The van der Waals surface area contributed by atoms with Gasteiger partial charge in [-0.2, -0.15) is 0 Å². The van der Waals surface area contributed by atoms with Crippen molar-refractivity contribution in [3.8, 4) is 0 Å². The third-order valence-corrected chi connectivity index (χ3v) is 1.63. The average molecular weight is 166 g/mol. The second kappa shape index (κ2) is 3.59. The number of rotatable bonds is 3. The molecule has 1 aromatic heterocycles. The van der Waals surface area contributed by atoms with Gasteiger partial charge in [0.25, 0.3) is 0 Å². The number of hydrogen-bond donors (Lipinski definition) is 1. The lowest BCUT2D eigenvalue weighted by Crippen LogP contribution is -1.95. The normalized spacial score (nSPS) is 12.9. The molecule has 0 aliphatic rings. The Morgan fingerprint density at radius 2 is 2.33 bits per heavy atom. The summed E-state index contributed by atoms with van der Waals surface area (Å²) in [5.74, 6) is 1.45. The maximum Gasteiger partial charge on any atom is 0.132 e. The first-order chi connectivity index (χ1) is 5.59. The van der Waals surface area contributed by atoms with Gasteiger partial charge in [-0.15, -0.1) is 6.58 Å². The lowest BCUT2D eigenvalue weighted by Gasteiger charge is -2.06. The van der Waals surface area contributed by atoms with Crippen molar-refractivity contribution in [3.63, 3.8) is 0 Å². The second-order valence-corrected chi connectivity index (χ2v) is 3.13. The van der Waals surface area contributed by atoms with Gasteiger partial charge in [-0.1, -0.05) is 5.57 Å². The summed E-state index contributed by atoms with van der Waals surface area (Å²) in [6.45, 7) is 7.47. The van der Waals surface area contributed by atoms with E-state index >= 15 is 0 Å². The molecule has 1 heterocycles. The highest BCUT2D eigenvalue weighted by molar-refractivity contribution is 5.10. The number of hydrogen-bond acceptors (Lipinski definition) is 2. The van der Waals surface area contributed by atoms with E-state index in [4.69, 9.17) is 4.42 Å². The molecule has 2 heteroatoms. The van der Waals surface area contributed by atoms with Gasteiger partial charge >= 0.3 is 0 Å². The van der Waals surface area contributed by atoms with Gasteiger partial charge < -0.3 is 9.52 Å². The highest BCUT2D eigenvalue weighted by atomic mass is 16.4. The molecule has 0 aromatic carbocycles. The Morgan fingerprint density at radius 1 is 1.67 bits per heavy atom. The summed E-state index contributed by atoms with van der Waals surface area (Å²) in [4.78, 5) is 0. The van der Waals surface area contributed by atoms with E-state index in [1.807, 2.05) is 19.9 Å². The smallest absolute Gasteiger partial charge is 0.132 e. The lowest BCUT2D eigenvalue weighted by molar-refractivity contribution is 0.149. The Hall–Kier alpha value is -1.02. The molecule has 0 spiro atoms. The maximum absolute atomic E-state index is 9.55. The molecule has 0 saturated heterocycles. The van der Waals surface area contributed by atoms with Crippen LogP contribution in [0.3, 0.4) is 0 Å². The zero-order chi connectivity index (χ0) is 9.14. The molecule has 0 amide bonds. The van der Waals surface area contributed by atoms with Crippen LogP contribution in [0.15, 0.2) is 28.7 Å². The van der Waals surface area contributed by atoms with Crippen LogP contribution in [0.1, 0.15) is 31.0 Å². The first-order valence-corrected chi connectivity index (χ1v) is 3.98. The molecular weight excluding hydrogens is 152 g/mol. The third-order valence-electron chi connectivity index (χ3n) is 1.63. The minimum absolute atomic E-state index is 0.545. The summed E-state index contributed by atoms with van der Waals surface area (Å²) >= 11 is 0. The van der Waals surface area contributed by atoms with Gasteiger partial charge in [0.15, 0.2) is 0 Å². The van der Waals surface area contributed by atoms with Crippen molar-refractivity contribution >= 4 is 0 Å². The van der Waals surface area contributed by atoms with E-state index in [0.29, 0.717) is 12.2 Å². The molecule has 0 aliphatic heterocycles. The molecule has 0 aliphatic carbocycles. The van der Waals surface area contributed by atoms with Crippen molar-refractivity contribution in [2.75, 3.05) is 0 Å². The van der Waals surface area contributed by atoms with E-state index in [1.54, 1.807) is 6.07 Å². The van der Waals surface area contributed by atoms with Gasteiger partial charge in [0.2, 0.25) is 0 Å². The van der Waals surface area contributed by atoms with E-state index in [2.05, 4.69) is 6.58 Å². The molecular formula is C10H14O2. The van der Waals surface area contributed by atoms with Crippen LogP contribution in [0.2, 0.25) is 0 Å². The molecule has 2 nitrogen and oxygen atoms in total. The Kier molecular flexibility index (Phi) is 2.71. The number of furan rings is 1. The van der Waals surface area contributed by atoms with Crippen LogP contribution in [0, 0.1) is 6.92 Å². The van der Waals surface area contributed by atoms with Crippen LogP contribution >= 0.6 is 0 Å². The fourth-order valence-electron chi connectivity index (χ4n) is 1.06. The molecule has 0 bridgehead atoms. The molecule has 0 radical (unpaired) electrons. The van der Waals surface area contributed by atoms with Crippen LogP contribution in [0.4, 0.5) is 0 Å². The fraction of sp³-hybridized carbons (Fsp3) is 0.400. The Morgan fingerprint density at radius 3 is 2.75 bits per heavy atom. The summed E-state index contributed by atoms with van der Waals surface area (Å²) < 4.78 is 5.26. The Balaban J connectivity index is 2.64. The molecule has 12 heavy (non-hydrogen) atoms. The van der Waals surface area contributed by atoms with Gasteiger partial charge in [-0.3, -0.25) is 0 Å². The lowest BCUT2D eigenvalue weighted by atomic mass is 10.1. The van der Waals surface area contributed by atoms with E-state index in [1.165, 1.54) is 0 Å². The molecule has 66 valence electrons. The first-order valence-electron chi connectivity index (χ1n) is 3.98. The van der Waals surface area contributed by atoms with Crippen molar-refractivity contribution in [1.82, 2.24) is 0 Å². The third kappa shape index (κ3) is 2.24. The Labute approximate surface area is 72.5 Å². The van der Waals surface area contributed by atoms with Crippen molar-refractivity contribution in [3.05, 3.63) is 35.8 Å². The predicted octanol–water partition coefficient (Wildman–Crippen LogP) is 2.59. The second-order valence-electron chi connectivity index (χ2n) is 3.13. The number of aliphatic hydroxyl groups is 1. The summed E-state index contributed by atoms with van der Waals surface area (Å²) in [5, 5.41) is 9.55. The average Bonchev–Trinajstić information content (AvgIpc) is 2.34. The molecule has 1 N–H and O–H groups in total. The van der Waals surface area contributed by atoms with E-state index < -0.39 is 6.10 Å². The van der Waals surface area contributed by atoms with Crippen LogP contribution in [-0.4, -0.2) is 5.11 Å². The van der Waals surface area contributed by atoms with Crippen LogP contribution in [0.25, 0.3) is 0 Å². The molecule has 1 aromatic rings. The predicted molar refractivity (Wildman–Crippen MR) is 47.8 cm³/mol. The minimum atomic E-state index is -0.545. The highest BCUT2D eigenvalue weighted by Crippen LogP contribution is 2.21. The Bertz CT molecular complexity index is 273. The monoisotopic (exact) mass is 166 g/mol. The van der Waals surface area contributed by atoms with Gasteiger partial charge in [0.1, 0.15) is 17.6 Å². The summed E-state index contributed by atoms with van der Waals surface area (Å²) in [6, 6.07) is 3.64. The zero-order valence-corrected chi connectivity index (χ0v) is 7.50. The van der Waals surface area contributed by atoms with Crippen molar-refractivity contribution in [2.24, 2.45) is 0 Å². The number of aliphatic hydroxyl groups excluding tert-OH is 1. The SMILES string of the molecule is C=C(C)CC(O)c1ccc(C)o1. The van der Waals surface area contributed by atoms with Crippen LogP contribution < -0.4 is 0 Å². The standard InChI is InChI=1S/C10H14O2/c1-7(2)6-9(11)10-5-4-8(3)12-10/h4-5,9,11H,1,6H2,2-3H3. The number of aryl methyl sites for hydroxylation is 1. The highest BCUT2D eigenvalue weighted by Gasteiger charge is 2.10. The van der Waals surface area contributed by atoms with Gasteiger partial charge in [-0.25, -0.2) is 0 Å². The molecule has 1 rings (SSSR count). The minimum Gasteiger partial charge on any atom is -0.464 e. The van der Waals surface area contributed by atoms with E-state index in [-0.39, 0.29) is 0 Å². The van der Waals surface area contributed by atoms with Gasteiger partial charge in [0.05, 0.1) is 0 Å². The molecule has 0 saturated carbocycles. The largest absolute Gasteiger partial charge is 0.464 e. The first kappa shape index (κ1) is 9.07. The summed E-state index contributed by atoms with van der Waals surface area (Å²) in [5.41, 5.74) is 0.955. The zero-order valence-electron chi connectivity index (χ0n) is 7.50. The summed E-state index contributed by atoms with van der Waals surface area (Å²) in [7, 11) is 0. The van der Waals surface area contributed by atoms with E-state index in [9.17, 15) is 5.11 Å². The molecule has 1 atom stereocenters. The van der Waals surface area contributed by atoms with Gasteiger partial charge in [-0.05, 0) is 26.0 Å². The van der Waals surface area contributed by atoms with Gasteiger partial charge in [0, 0.05) is 6.42 Å².